The maximum Gasteiger partial charge on any atom is 0.335 e. The number of rotatable bonds is 5. The first-order valence-electron chi connectivity index (χ1n) is 13.9. The third kappa shape index (κ3) is 5.18. The van der Waals surface area contributed by atoms with E-state index < -0.39 is 42.7 Å². The molecule has 2 saturated carbocycles. The normalized spacial score (nSPS) is 40.6. The molecule has 2 heterocycles. The van der Waals surface area contributed by atoms with Crippen LogP contribution in [-0.2, 0) is 28.5 Å². The summed E-state index contributed by atoms with van der Waals surface area (Å²) in [5.74, 6) is -8.67. The lowest BCUT2D eigenvalue weighted by Gasteiger charge is -2.43. The minimum absolute atomic E-state index is 0.0718. The Bertz CT molecular complexity index is 964. The lowest BCUT2D eigenvalue weighted by Crippen LogP contribution is -2.45. The van der Waals surface area contributed by atoms with E-state index in [-0.39, 0.29) is 37.3 Å². The second kappa shape index (κ2) is 10.2. The highest BCUT2D eigenvalue weighted by Gasteiger charge is 2.60. The van der Waals surface area contributed by atoms with E-state index in [1.54, 1.807) is 0 Å². The Labute approximate surface area is 220 Å². The lowest BCUT2D eigenvalue weighted by molar-refractivity contribution is -0.222. The van der Waals surface area contributed by atoms with Crippen molar-refractivity contribution in [2.75, 3.05) is 26.4 Å². The number of alkyl halides is 4. The molecule has 4 fully saturated rings. The number of allylic oxidation sites excluding steroid dienone is 2. The van der Waals surface area contributed by atoms with Gasteiger partial charge in [-0.25, -0.2) is 0 Å². The van der Waals surface area contributed by atoms with Crippen molar-refractivity contribution in [3.05, 3.63) is 23.3 Å². The molecule has 4 bridgehead atoms. The number of carbonyl (C=O) groups excluding carboxylic acids is 1. The summed E-state index contributed by atoms with van der Waals surface area (Å²) in [6, 6.07) is 0. The summed E-state index contributed by atoms with van der Waals surface area (Å²) in [5, 5.41) is 0. The predicted octanol–water partition coefficient (Wildman–Crippen LogP) is 5.56. The molecule has 6 atom stereocenters. The van der Waals surface area contributed by atoms with E-state index >= 15 is 0 Å². The second-order valence-electron chi connectivity index (χ2n) is 12.1. The van der Waals surface area contributed by atoms with Crippen molar-refractivity contribution in [2.24, 2.45) is 23.2 Å². The minimum atomic E-state index is -4.32. The zero-order valence-corrected chi connectivity index (χ0v) is 21.5. The summed E-state index contributed by atoms with van der Waals surface area (Å²) in [7, 11) is 0. The van der Waals surface area contributed by atoms with Crippen LogP contribution in [0.2, 0.25) is 0 Å². The summed E-state index contributed by atoms with van der Waals surface area (Å²) in [6.45, 7) is -2.43. The van der Waals surface area contributed by atoms with E-state index in [9.17, 15) is 22.4 Å². The molecule has 2 saturated heterocycles. The molecule has 0 radical (unpaired) electrons. The monoisotopic (exact) mass is 544 g/mol. The molecule has 0 spiro atoms. The van der Waals surface area contributed by atoms with Crippen molar-refractivity contribution in [3.8, 4) is 0 Å². The zero-order valence-electron chi connectivity index (χ0n) is 21.5. The molecule has 212 valence electrons. The summed E-state index contributed by atoms with van der Waals surface area (Å²) in [4.78, 5) is 13.4. The number of halogens is 4. The molecule has 10 heteroatoms. The maximum atomic E-state index is 13.8. The SMILES string of the molecule is O=C(OCC1COC(C2C=C3CCCC(C3)C2)O1)C12CCCC(=CC(C3OCC(F)(F)C(F)(F)CO3)C1)C2. The summed E-state index contributed by atoms with van der Waals surface area (Å²) in [6.07, 6.45) is 11.0. The van der Waals surface area contributed by atoms with E-state index in [1.807, 2.05) is 6.08 Å². The van der Waals surface area contributed by atoms with Crippen molar-refractivity contribution in [3.63, 3.8) is 0 Å². The largest absolute Gasteiger partial charge is 0.462 e. The second-order valence-corrected chi connectivity index (χ2v) is 12.1. The summed E-state index contributed by atoms with van der Waals surface area (Å²) < 4.78 is 83.3. The molecule has 0 amide bonds. The average Bonchev–Trinajstić information content (AvgIpc) is 3.32. The Kier molecular flexibility index (Phi) is 7.15. The highest BCUT2D eigenvalue weighted by molar-refractivity contribution is 5.78. The van der Waals surface area contributed by atoms with Crippen LogP contribution in [0.3, 0.4) is 0 Å². The van der Waals surface area contributed by atoms with Gasteiger partial charge < -0.3 is 23.7 Å². The first-order chi connectivity index (χ1) is 18.1. The smallest absolute Gasteiger partial charge is 0.335 e. The number of hydrogen-bond donors (Lipinski definition) is 0. The standard InChI is InChI=1S/C28H36F4O6/c29-27(30)15-36-23(37-16-28(27,31)32)21-10-19-5-2-6-26(11-19,12-21)25(33)35-14-22-13-34-24(38-22)20-8-17-3-1-4-18(7-17)9-20/h8,10,18,20-24H,1-7,9,11-16H2. The maximum absolute atomic E-state index is 13.8. The Morgan fingerprint density at radius 2 is 1.68 bits per heavy atom. The Morgan fingerprint density at radius 3 is 2.45 bits per heavy atom. The molecule has 6 nitrogen and oxygen atoms in total. The number of carbonyl (C=O) groups is 1. The van der Waals surface area contributed by atoms with Crippen LogP contribution in [-0.4, -0.2) is 62.9 Å². The van der Waals surface area contributed by atoms with Crippen molar-refractivity contribution in [2.45, 2.75) is 94.7 Å². The average molecular weight is 545 g/mol. The summed E-state index contributed by atoms with van der Waals surface area (Å²) >= 11 is 0. The Hall–Kier alpha value is -1.49. The molecule has 6 aliphatic rings. The summed E-state index contributed by atoms with van der Waals surface area (Å²) in [5.41, 5.74) is 1.62. The molecule has 0 aromatic carbocycles. The van der Waals surface area contributed by atoms with Crippen LogP contribution in [0.5, 0.6) is 0 Å². The fourth-order valence-electron chi connectivity index (χ4n) is 7.30. The van der Waals surface area contributed by atoms with Crippen LogP contribution in [0.15, 0.2) is 23.3 Å². The van der Waals surface area contributed by atoms with Crippen LogP contribution in [0, 0.1) is 23.2 Å². The minimum Gasteiger partial charge on any atom is -0.462 e. The molecule has 0 aromatic heterocycles. The first kappa shape index (κ1) is 26.7. The van der Waals surface area contributed by atoms with Crippen molar-refractivity contribution >= 4 is 5.97 Å². The van der Waals surface area contributed by atoms with Gasteiger partial charge in [-0.15, -0.1) is 0 Å². The zero-order chi connectivity index (χ0) is 26.5. The molecule has 6 rings (SSSR count). The molecule has 38 heavy (non-hydrogen) atoms. The molecule has 0 aromatic rings. The van der Waals surface area contributed by atoms with Gasteiger partial charge in [0, 0.05) is 11.8 Å². The van der Waals surface area contributed by atoms with E-state index in [2.05, 4.69) is 6.08 Å². The molecule has 4 aliphatic carbocycles. The molecule has 0 N–H and O–H groups in total. The van der Waals surface area contributed by atoms with Crippen molar-refractivity contribution in [1.82, 2.24) is 0 Å². The fourth-order valence-corrected chi connectivity index (χ4v) is 7.30. The number of ether oxygens (including phenoxy) is 5. The van der Waals surface area contributed by atoms with Gasteiger partial charge in [-0.2, -0.15) is 17.6 Å². The lowest BCUT2D eigenvalue weighted by atomic mass is 9.63. The Balaban J connectivity index is 1.06. The first-order valence-corrected chi connectivity index (χ1v) is 13.9. The van der Waals surface area contributed by atoms with Gasteiger partial charge in [-0.3, -0.25) is 4.79 Å². The number of hydrogen-bond acceptors (Lipinski definition) is 6. The van der Waals surface area contributed by atoms with Crippen molar-refractivity contribution < 1.29 is 46.0 Å². The van der Waals surface area contributed by atoms with Gasteiger partial charge in [-0.1, -0.05) is 23.3 Å². The predicted molar refractivity (Wildman–Crippen MR) is 126 cm³/mol. The van der Waals surface area contributed by atoms with Crippen LogP contribution < -0.4 is 0 Å². The molecule has 2 aliphatic heterocycles. The van der Waals surface area contributed by atoms with Crippen LogP contribution >= 0.6 is 0 Å². The van der Waals surface area contributed by atoms with Gasteiger partial charge in [0.25, 0.3) is 0 Å². The highest BCUT2D eigenvalue weighted by atomic mass is 19.3. The molecular formula is C28H36F4O6. The van der Waals surface area contributed by atoms with Gasteiger partial charge in [-0.05, 0) is 70.1 Å². The van der Waals surface area contributed by atoms with Crippen molar-refractivity contribution in [1.29, 1.82) is 0 Å². The van der Waals surface area contributed by atoms with Gasteiger partial charge in [0.15, 0.2) is 12.6 Å². The third-order valence-electron chi connectivity index (χ3n) is 9.21. The van der Waals surface area contributed by atoms with Crippen LogP contribution in [0.1, 0.15) is 64.2 Å². The quantitative estimate of drug-likeness (QED) is 0.257. The topological polar surface area (TPSA) is 63.2 Å². The van der Waals surface area contributed by atoms with Crippen LogP contribution in [0.25, 0.3) is 0 Å². The molecular weight excluding hydrogens is 508 g/mol. The van der Waals surface area contributed by atoms with E-state index in [0.717, 1.165) is 31.3 Å². The van der Waals surface area contributed by atoms with Gasteiger partial charge in [0.05, 0.1) is 12.0 Å². The fraction of sp³-hybridized carbons (Fsp3) is 0.821. The van der Waals surface area contributed by atoms with E-state index in [0.29, 0.717) is 25.4 Å². The third-order valence-corrected chi connectivity index (χ3v) is 9.21. The van der Waals surface area contributed by atoms with E-state index in [1.165, 1.54) is 24.8 Å². The number of fused-ring (bicyclic) bond motifs is 4. The van der Waals surface area contributed by atoms with Crippen LogP contribution in [0.4, 0.5) is 17.6 Å². The highest BCUT2D eigenvalue weighted by Crippen LogP contribution is 2.51. The van der Waals surface area contributed by atoms with Gasteiger partial charge in [0.2, 0.25) is 0 Å². The van der Waals surface area contributed by atoms with Gasteiger partial charge in [0.1, 0.15) is 25.9 Å². The molecule has 6 unspecified atom stereocenters. The van der Waals surface area contributed by atoms with Gasteiger partial charge >= 0.3 is 17.8 Å². The van der Waals surface area contributed by atoms with E-state index in [4.69, 9.17) is 23.7 Å². The Morgan fingerprint density at radius 1 is 0.947 bits per heavy atom. The number of esters is 1.